The Labute approximate surface area is 99.2 Å². The molecule has 2 rings (SSSR count). The van der Waals surface area contributed by atoms with Crippen molar-refractivity contribution in [1.29, 1.82) is 0 Å². The van der Waals surface area contributed by atoms with Crippen molar-refractivity contribution in [3.05, 3.63) is 48.5 Å². The monoisotopic (exact) mass is 228 g/mol. The molecule has 0 bridgehead atoms. The SMILES string of the molecule is C=Cc1cccc2cc(SC(C)=O)ccc12. The third-order valence-corrected chi connectivity index (χ3v) is 3.14. The molecule has 0 N–H and O–H groups in total. The third kappa shape index (κ3) is 2.17. The van der Waals surface area contributed by atoms with Crippen molar-refractivity contribution in [3.8, 4) is 0 Å². The van der Waals surface area contributed by atoms with E-state index in [1.807, 2.05) is 42.5 Å². The fourth-order valence-electron chi connectivity index (χ4n) is 1.69. The summed E-state index contributed by atoms with van der Waals surface area (Å²) < 4.78 is 0. The predicted octanol–water partition coefficient (Wildman–Crippen LogP) is 4.12. The first-order chi connectivity index (χ1) is 7.70. The molecule has 0 aliphatic carbocycles. The lowest BCUT2D eigenvalue weighted by atomic mass is 10.1. The molecular formula is C14H12OS. The maximum Gasteiger partial charge on any atom is 0.190 e. The number of carbonyl (C=O) groups is 1. The molecule has 0 fully saturated rings. The van der Waals surface area contributed by atoms with E-state index in [1.54, 1.807) is 6.92 Å². The van der Waals surface area contributed by atoms with Crippen LogP contribution in [0.15, 0.2) is 47.9 Å². The normalized spacial score (nSPS) is 10.3. The molecule has 0 aliphatic rings. The molecule has 0 radical (unpaired) electrons. The summed E-state index contributed by atoms with van der Waals surface area (Å²) in [4.78, 5) is 12.0. The van der Waals surface area contributed by atoms with Crippen molar-refractivity contribution in [2.24, 2.45) is 0 Å². The maximum absolute atomic E-state index is 11.0. The van der Waals surface area contributed by atoms with Crippen LogP contribution in [0.3, 0.4) is 0 Å². The maximum atomic E-state index is 11.0. The molecule has 0 saturated carbocycles. The van der Waals surface area contributed by atoms with E-state index in [-0.39, 0.29) is 5.12 Å². The Morgan fingerprint density at radius 1 is 1.31 bits per heavy atom. The van der Waals surface area contributed by atoms with Crippen LogP contribution in [-0.2, 0) is 4.79 Å². The average Bonchev–Trinajstić information content (AvgIpc) is 2.27. The molecule has 1 nitrogen and oxygen atoms in total. The molecule has 0 aliphatic heterocycles. The molecular weight excluding hydrogens is 216 g/mol. The van der Waals surface area contributed by atoms with Gasteiger partial charge in [0.1, 0.15) is 0 Å². The Balaban J connectivity index is 2.55. The minimum atomic E-state index is 0.110. The highest BCUT2D eigenvalue weighted by molar-refractivity contribution is 8.13. The Morgan fingerprint density at radius 2 is 2.12 bits per heavy atom. The van der Waals surface area contributed by atoms with Crippen molar-refractivity contribution in [2.75, 3.05) is 0 Å². The van der Waals surface area contributed by atoms with Gasteiger partial charge < -0.3 is 0 Å². The van der Waals surface area contributed by atoms with Gasteiger partial charge >= 0.3 is 0 Å². The molecule has 80 valence electrons. The van der Waals surface area contributed by atoms with E-state index in [2.05, 4.69) is 6.58 Å². The first-order valence-electron chi connectivity index (χ1n) is 5.04. The molecule has 0 heterocycles. The van der Waals surface area contributed by atoms with Gasteiger partial charge in [-0.25, -0.2) is 0 Å². The first kappa shape index (κ1) is 11.0. The van der Waals surface area contributed by atoms with Gasteiger partial charge in [-0.3, -0.25) is 4.79 Å². The van der Waals surface area contributed by atoms with Gasteiger partial charge in [0, 0.05) is 11.8 Å². The number of benzene rings is 2. The zero-order valence-corrected chi connectivity index (χ0v) is 9.88. The lowest BCUT2D eigenvalue weighted by Gasteiger charge is -2.04. The van der Waals surface area contributed by atoms with Gasteiger partial charge in [0.15, 0.2) is 5.12 Å². The van der Waals surface area contributed by atoms with Crippen molar-refractivity contribution in [1.82, 2.24) is 0 Å². The molecule has 16 heavy (non-hydrogen) atoms. The van der Waals surface area contributed by atoms with Crippen LogP contribution in [0.5, 0.6) is 0 Å². The summed E-state index contributed by atoms with van der Waals surface area (Å²) in [5.41, 5.74) is 1.12. The standard InChI is InChI=1S/C14H12OS/c1-3-11-5-4-6-12-9-13(16-10(2)15)7-8-14(11)12/h3-9H,1H2,2H3. The average molecular weight is 228 g/mol. The van der Waals surface area contributed by atoms with Crippen molar-refractivity contribution in [3.63, 3.8) is 0 Å². The quantitative estimate of drug-likeness (QED) is 0.719. The lowest BCUT2D eigenvalue weighted by Crippen LogP contribution is -1.83. The van der Waals surface area contributed by atoms with Crippen LogP contribution in [0.1, 0.15) is 12.5 Å². The highest BCUT2D eigenvalue weighted by atomic mass is 32.2. The van der Waals surface area contributed by atoms with Crippen molar-refractivity contribution < 1.29 is 4.79 Å². The van der Waals surface area contributed by atoms with Gasteiger partial charge in [0.05, 0.1) is 0 Å². The summed E-state index contributed by atoms with van der Waals surface area (Å²) in [7, 11) is 0. The van der Waals surface area contributed by atoms with E-state index in [0.717, 1.165) is 15.8 Å². The summed E-state index contributed by atoms with van der Waals surface area (Å²) in [5.74, 6) is 0. The molecule has 0 saturated heterocycles. The first-order valence-corrected chi connectivity index (χ1v) is 5.86. The van der Waals surface area contributed by atoms with Gasteiger partial charge in [0.25, 0.3) is 0 Å². The summed E-state index contributed by atoms with van der Waals surface area (Å²) in [6.07, 6.45) is 1.85. The number of carbonyl (C=O) groups excluding carboxylic acids is 1. The summed E-state index contributed by atoms with van der Waals surface area (Å²) in [5, 5.41) is 2.42. The van der Waals surface area contributed by atoms with Gasteiger partial charge in [-0.15, -0.1) is 0 Å². The second-order valence-electron chi connectivity index (χ2n) is 3.53. The van der Waals surface area contributed by atoms with E-state index in [4.69, 9.17) is 0 Å². The highest BCUT2D eigenvalue weighted by Gasteiger charge is 2.02. The second-order valence-corrected chi connectivity index (χ2v) is 4.78. The number of hydrogen-bond acceptors (Lipinski definition) is 2. The number of hydrogen-bond donors (Lipinski definition) is 0. The second kappa shape index (κ2) is 4.54. The Kier molecular flexibility index (Phi) is 3.11. The topological polar surface area (TPSA) is 17.1 Å². The summed E-state index contributed by atoms with van der Waals surface area (Å²) >= 11 is 1.26. The van der Waals surface area contributed by atoms with Crippen molar-refractivity contribution in [2.45, 2.75) is 11.8 Å². The Hall–Kier alpha value is -1.54. The van der Waals surface area contributed by atoms with Gasteiger partial charge in [-0.2, -0.15) is 0 Å². The van der Waals surface area contributed by atoms with Gasteiger partial charge in [-0.05, 0) is 28.5 Å². The van der Waals surface area contributed by atoms with Crippen LogP contribution in [0, 0.1) is 0 Å². The Bertz CT molecular complexity index is 558. The van der Waals surface area contributed by atoms with Gasteiger partial charge in [0.2, 0.25) is 0 Å². The fraction of sp³-hybridized carbons (Fsp3) is 0.0714. The molecule has 0 amide bonds. The molecule has 0 aromatic heterocycles. The van der Waals surface area contributed by atoms with Crippen LogP contribution in [-0.4, -0.2) is 5.12 Å². The van der Waals surface area contributed by atoms with Crippen LogP contribution >= 0.6 is 11.8 Å². The predicted molar refractivity (Wildman–Crippen MR) is 70.6 cm³/mol. The molecule has 2 aromatic carbocycles. The number of rotatable bonds is 2. The minimum Gasteiger partial charge on any atom is -0.287 e. The summed E-state index contributed by atoms with van der Waals surface area (Å²) in [6.45, 7) is 5.37. The molecule has 0 unspecified atom stereocenters. The van der Waals surface area contributed by atoms with E-state index < -0.39 is 0 Å². The zero-order chi connectivity index (χ0) is 11.5. The van der Waals surface area contributed by atoms with E-state index in [9.17, 15) is 4.79 Å². The van der Waals surface area contributed by atoms with E-state index in [0.29, 0.717) is 0 Å². The molecule has 0 spiro atoms. The minimum absolute atomic E-state index is 0.110. The van der Waals surface area contributed by atoms with Crippen LogP contribution in [0.25, 0.3) is 16.8 Å². The third-order valence-electron chi connectivity index (χ3n) is 2.37. The van der Waals surface area contributed by atoms with Crippen LogP contribution < -0.4 is 0 Å². The van der Waals surface area contributed by atoms with Crippen molar-refractivity contribution >= 4 is 33.7 Å². The summed E-state index contributed by atoms with van der Waals surface area (Å²) in [6, 6.07) is 12.1. The number of fused-ring (bicyclic) bond motifs is 1. The lowest BCUT2D eigenvalue weighted by molar-refractivity contribution is -0.109. The largest absolute Gasteiger partial charge is 0.287 e. The van der Waals surface area contributed by atoms with E-state index >= 15 is 0 Å². The fourth-order valence-corrected chi connectivity index (χ4v) is 2.35. The van der Waals surface area contributed by atoms with Gasteiger partial charge in [-0.1, -0.05) is 48.7 Å². The molecule has 2 aromatic rings. The van der Waals surface area contributed by atoms with Crippen LogP contribution in [0.4, 0.5) is 0 Å². The van der Waals surface area contributed by atoms with Crippen LogP contribution in [0.2, 0.25) is 0 Å². The number of thioether (sulfide) groups is 1. The Morgan fingerprint density at radius 3 is 2.81 bits per heavy atom. The zero-order valence-electron chi connectivity index (χ0n) is 9.07. The molecule has 0 atom stereocenters. The highest BCUT2D eigenvalue weighted by Crippen LogP contribution is 2.26. The smallest absolute Gasteiger partial charge is 0.190 e. The molecule has 2 heteroatoms. The van der Waals surface area contributed by atoms with E-state index in [1.165, 1.54) is 17.1 Å².